The summed E-state index contributed by atoms with van der Waals surface area (Å²) in [4.78, 5) is 14.0. The van der Waals surface area contributed by atoms with Crippen molar-refractivity contribution in [3.63, 3.8) is 0 Å². The highest BCUT2D eigenvalue weighted by molar-refractivity contribution is 5.70. The average Bonchev–Trinajstić information content (AvgIpc) is 2.30. The second-order valence-corrected chi connectivity index (χ2v) is 6.15. The monoisotopic (exact) mass is 268 g/mol. The normalized spacial score (nSPS) is 32.9. The predicted molar refractivity (Wildman–Crippen MR) is 76.1 cm³/mol. The van der Waals surface area contributed by atoms with E-state index in [-0.39, 0.29) is 12.0 Å². The van der Waals surface area contributed by atoms with Gasteiger partial charge >= 0.3 is 5.97 Å². The minimum absolute atomic E-state index is 0.0874. The molecule has 1 N–H and O–H groups in total. The molecule has 3 atom stereocenters. The summed E-state index contributed by atoms with van der Waals surface area (Å²) in [7, 11) is 2.27. The van der Waals surface area contributed by atoms with Gasteiger partial charge in [-0.05, 0) is 46.6 Å². The Balaban J connectivity index is 1.78. The third kappa shape index (κ3) is 3.93. The van der Waals surface area contributed by atoms with Crippen molar-refractivity contribution < 1.29 is 9.53 Å². The number of ether oxygens (including phenoxy) is 1. The molecule has 2 rings (SSSR count). The zero-order valence-corrected chi connectivity index (χ0v) is 12.5. The van der Waals surface area contributed by atoms with E-state index in [0.717, 1.165) is 12.1 Å². The van der Waals surface area contributed by atoms with E-state index in [1.54, 1.807) is 0 Å². The van der Waals surface area contributed by atoms with Gasteiger partial charge in [0.2, 0.25) is 0 Å². The lowest BCUT2D eigenvalue weighted by Gasteiger charge is -2.47. The molecular formula is C15H28N2O2. The lowest BCUT2D eigenvalue weighted by Crippen LogP contribution is -2.55. The van der Waals surface area contributed by atoms with Crippen LogP contribution >= 0.6 is 0 Å². The molecule has 2 bridgehead atoms. The predicted octanol–water partition coefficient (Wildman–Crippen LogP) is 1.93. The SMILES string of the molecule is CCOC(=O)CC(C)NC1CC2CCCC(C1)N2C. The first-order valence-electron chi connectivity index (χ1n) is 7.73. The third-order valence-electron chi connectivity index (χ3n) is 4.64. The van der Waals surface area contributed by atoms with Gasteiger partial charge in [-0.25, -0.2) is 0 Å². The fraction of sp³-hybridized carbons (Fsp3) is 0.933. The lowest BCUT2D eigenvalue weighted by molar-refractivity contribution is -0.143. The van der Waals surface area contributed by atoms with E-state index in [0.29, 0.717) is 19.1 Å². The fourth-order valence-corrected chi connectivity index (χ4v) is 3.68. The molecule has 2 aliphatic rings. The summed E-state index contributed by atoms with van der Waals surface area (Å²) in [6.45, 7) is 4.42. The second-order valence-electron chi connectivity index (χ2n) is 6.15. The van der Waals surface area contributed by atoms with Crippen molar-refractivity contribution in [3.8, 4) is 0 Å². The Morgan fingerprint density at radius 3 is 2.58 bits per heavy atom. The Morgan fingerprint density at radius 1 is 1.37 bits per heavy atom. The van der Waals surface area contributed by atoms with Crippen LogP contribution in [-0.4, -0.2) is 48.7 Å². The lowest BCUT2D eigenvalue weighted by atomic mass is 9.82. The summed E-state index contributed by atoms with van der Waals surface area (Å²) in [5, 5.41) is 3.63. The fourth-order valence-electron chi connectivity index (χ4n) is 3.68. The minimum Gasteiger partial charge on any atom is -0.466 e. The van der Waals surface area contributed by atoms with Gasteiger partial charge in [-0.2, -0.15) is 0 Å². The number of hydrogen-bond acceptors (Lipinski definition) is 4. The van der Waals surface area contributed by atoms with Crippen LogP contribution in [-0.2, 0) is 9.53 Å². The van der Waals surface area contributed by atoms with Crippen LogP contribution in [0.2, 0.25) is 0 Å². The number of carbonyl (C=O) groups excluding carboxylic acids is 1. The Bertz CT molecular complexity index is 295. The summed E-state index contributed by atoms with van der Waals surface area (Å²) in [6, 6.07) is 2.25. The van der Waals surface area contributed by atoms with Crippen LogP contribution in [0, 0.1) is 0 Å². The van der Waals surface area contributed by atoms with Crippen molar-refractivity contribution in [2.45, 2.75) is 76.5 Å². The van der Waals surface area contributed by atoms with Crippen molar-refractivity contribution in [2.75, 3.05) is 13.7 Å². The molecule has 2 aliphatic heterocycles. The van der Waals surface area contributed by atoms with Crippen LogP contribution in [0.3, 0.4) is 0 Å². The maximum Gasteiger partial charge on any atom is 0.307 e. The Labute approximate surface area is 116 Å². The summed E-state index contributed by atoms with van der Waals surface area (Å²) >= 11 is 0. The number of esters is 1. The van der Waals surface area contributed by atoms with Gasteiger partial charge in [-0.3, -0.25) is 4.79 Å². The molecule has 0 aliphatic carbocycles. The van der Waals surface area contributed by atoms with Gasteiger partial charge in [0.15, 0.2) is 0 Å². The highest BCUT2D eigenvalue weighted by Gasteiger charge is 2.36. The second kappa shape index (κ2) is 6.71. The summed E-state index contributed by atoms with van der Waals surface area (Å²) in [5.74, 6) is -0.0874. The number of carbonyl (C=O) groups is 1. The zero-order chi connectivity index (χ0) is 13.8. The summed E-state index contributed by atoms with van der Waals surface area (Å²) in [5.41, 5.74) is 0. The van der Waals surface area contributed by atoms with Gasteiger partial charge in [0, 0.05) is 24.2 Å². The molecule has 0 spiro atoms. The molecule has 3 unspecified atom stereocenters. The minimum atomic E-state index is -0.0874. The maximum atomic E-state index is 11.5. The van der Waals surface area contributed by atoms with E-state index in [1.165, 1.54) is 32.1 Å². The molecule has 0 saturated carbocycles. The molecule has 0 amide bonds. The van der Waals surface area contributed by atoms with E-state index in [9.17, 15) is 4.79 Å². The molecule has 2 fully saturated rings. The largest absolute Gasteiger partial charge is 0.466 e. The molecule has 4 nitrogen and oxygen atoms in total. The maximum absolute atomic E-state index is 11.5. The molecule has 0 radical (unpaired) electrons. The van der Waals surface area contributed by atoms with E-state index in [1.807, 2.05) is 6.92 Å². The van der Waals surface area contributed by atoms with Gasteiger partial charge in [0.1, 0.15) is 0 Å². The number of piperidine rings is 2. The van der Waals surface area contributed by atoms with Crippen molar-refractivity contribution in [1.29, 1.82) is 0 Å². The average molecular weight is 268 g/mol. The molecule has 0 aromatic heterocycles. The first-order valence-corrected chi connectivity index (χ1v) is 7.73. The Kier molecular flexibility index (Phi) is 5.22. The number of fused-ring (bicyclic) bond motifs is 2. The Morgan fingerprint density at radius 2 is 2.00 bits per heavy atom. The van der Waals surface area contributed by atoms with Gasteiger partial charge in [-0.1, -0.05) is 6.42 Å². The summed E-state index contributed by atoms with van der Waals surface area (Å²) < 4.78 is 5.01. The van der Waals surface area contributed by atoms with Crippen LogP contribution in [0.4, 0.5) is 0 Å². The van der Waals surface area contributed by atoms with E-state index >= 15 is 0 Å². The van der Waals surface area contributed by atoms with Crippen LogP contribution < -0.4 is 5.32 Å². The quantitative estimate of drug-likeness (QED) is 0.774. The smallest absolute Gasteiger partial charge is 0.307 e. The highest BCUT2D eigenvalue weighted by atomic mass is 16.5. The van der Waals surface area contributed by atoms with Gasteiger partial charge in [0.05, 0.1) is 13.0 Å². The van der Waals surface area contributed by atoms with Crippen molar-refractivity contribution >= 4 is 5.97 Å². The number of rotatable bonds is 5. The molecule has 2 heterocycles. The molecule has 0 aromatic carbocycles. The molecule has 4 heteroatoms. The van der Waals surface area contributed by atoms with Crippen LogP contribution in [0.1, 0.15) is 52.4 Å². The van der Waals surface area contributed by atoms with Gasteiger partial charge in [-0.15, -0.1) is 0 Å². The third-order valence-corrected chi connectivity index (χ3v) is 4.64. The standard InChI is InChI=1S/C15H28N2O2/c1-4-19-15(18)8-11(2)16-12-9-13-6-5-7-14(10-12)17(13)3/h11-14,16H,4-10H2,1-3H3. The highest BCUT2D eigenvalue weighted by Crippen LogP contribution is 2.32. The molecule has 0 aromatic rings. The van der Waals surface area contributed by atoms with Crippen LogP contribution in [0.15, 0.2) is 0 Å². The van der Waals surface area contributed by atoms with Crippen molar-refractivity contribution in [3.05, 3.63) is 0 Å². The van der Waals surface area contributed by atoms with Gasteiger partial charge < -0.3 is 15.0 Å². The van der Waals surface area contributed by atoms with E-state index in [2.05, 4.69) is 24.2 Å². The topological polar surface area (TPSA) is 41.6 Å². The van der Waals surface area contributed by atoms with Crippen LogP contribution in [0.5, 0.6) is 0 Å². The van der Waals surface area contributed by atoms with E-state index in [4.69, 9.17) is 4.74 Å². The first-order chi connectivity index (χ1) is 9.10. The van der Waals surface area contributed by atoms with Crippen molar-refractivity contribution in [1.82, 2.24) is 10.2 Å². The van der Waals surface area contributed by atoms with E-state index < -0.39 is 0 Å². The van der Waals surface area contributed by atoms with Gasteiger partial charge in [0.25, 0.3) is 0 Å². The zero-order valence-electron chi connectivity index (χ0n) is 12.5. The number of hydrogen-bond donors (Lipinski definition) is 1. The first kappa shape index (κ1) is 14.8. The molecule has 2 saturated heterocycles. The molecular weight excluding hydrogens is 240 g/mol. The number of nitrogens with one attached hydrogen (secondary N) is 1. The molecule has 19 heavy (non-hydrogen) atoms. The number of nitrogens with zero attached hydrogens (tertiary/aromatic N) is 1. The van der Waals surface area contributed by atoms with Crippen LogP contribution in [0.25, 0.3) is 0 Å². The van der Waals surface area contributed by atoms with Crippen molar-refractivity contribution in [2.24, 2.45) is 0 Å². The molecule has 110 valence electrons. The Hall–Kier alpha value is -0.610. The summed E-state index contributed by atoms with van der Waals surface area (Å²) in [6.07, 6.45) is 6.97.